The summed E-state index contributed by atoms with van der Waals surface area (Å²) in [5.41, 5.74) is 2.08. The SMILES string of the molecule is CC1CCCCN1Cc1ccc(NC(=O)CN2CCCCCC2=O)cc1. The highest BCUT2D eigenvalue weighted by Crippen LogP contribution is 2.20. The van der Waals surface area contributed by atoms with Crippen LogP contribution in [0.25, 0.3) is 0 Å². The number of rotatable bonds is 5. The first-order valence-corrected chi connectivity index (χ1v) is 10.0. The number of hydrogen-bond acceptors (Lipinski definition) is 3. The summed E-state index contributed by atoms with van der Waals surface area (Å²) in [7, 11) is 0. The van der Waals surface area contributed by atoms with E-state index in [0.717, 1.165) is 31.5 Å². The Morgan fingerprint density at radius 1 is 1.08 bits per heavy atom. The molecule has 2 aliphatic rings. The molecular formula is C21H31N3O2. The molecule has 1 aromatic carbocycles. The summed E-state index contributed by atoms with van der Waals surface area (Å²) in [5.74, 6) is -0.0127. The molecule has 2 fully saturated rings. The molecule has 2 heterocycles. The largest absolute Gasteiger partial charge is 0.333 e. The van der Waals surface area contributed by atoms with E-state index in [1.165, 1.54) is 31.4 Å². The van der Waals surface area contributed by atoms with Crippen molar-refractivity contribution < 1.29 is 9.59 Å². The van der Waals surface area contributed by atoms with Crippen molar-refractivity contribution in [1.82, 2.24) is 9.80 Å². The molecule has 0 aliphatic carbocycles. The van der Waals surface area contributed by atoms with Gasteiger partial charge in [-0.2, -0.15) is 0 Å². The molecule has 2 saturated heterocycles. The number of piperidine rings is 1. The molecule has 0 saturated carbocycles. The molecule has 2 amide bonds. The van der Waals surface area contributed by atoms with E-state index in [9.17, 15) is 9.59 Å². The van der Waals surface area contributed by atoms with Crippen LogP contribution in [-0.2, 0) is 16.1 Å². The number of likely N-dealkylation sites (tertiary alicyclic amines) is 2. The Morgan fingerprint density at radius 3 is 2.62 bits per heavy atom. The third-order valence-corrected chi connectivity index (χ3v) is 5.57. The van der Waals surface area contributed by atoms with Crippen LogP contribution in [0.3, 0.4) is 0 Å². The van der Waals surface area contributed by atoms with Crippen molar-refractivity contribution >= 4 is 17.5 Å². The second-order valence-corrected chi connectivity index (χ2v) is 7.69. The number of nitrogens with one attached hydrogen (secondary N) is 1. The number of carbonyl (C=O) groups excluding carboxylic acids is 2. The quantitative estimate of drug-likeness (QED) is 0.879. The van der Waals surface area contributed by atoms with E-state index < -0.39 is 0 Å². The minimum Gasteiger partial charge on any atom is -0.333 e. The maximum atomic E-state index is 12.3. The Balaban J connectivity index is 1.50. The van der Waals surface area contributed by atoms with Crippen molar-refractivity contribution in [2.45, 2.75) is 64.5 Å². The van der Waals surface area contributed by atoms with E-state index in [0.29, 0.717) is 19.0 Å². The van der Waals surface area contributed by atoms with Crippen molar-refractivity contribution in [2.24, 2.45) is 0 Å². The van der Waals surface area contributed by atoms with E-state index in [-0.39, 0.29) is 18.4 Å². The number of carbonyl (C=O) groups is 2. The fraction of sp³-hybridized carbons (Fsp3) is 0.619. The minimum atomic E-state index is -0.113. The molecule has 0 spiro atoms. The van der Waals surface area contributed by atoms with Crippen LogP contribution in [0, 0.1) is 0 Å². The lowest BCUT2D eigenvalue weighted by Crippen LogP contribution is -2.37. The van der Waals surface area contributed by atoms with Crippen LogP contribution < -0.4 is 5.32 Å². The van der Waals surface area contributed by atoms with E-state index in [1.54, 1.807) is 4.90 Å². The van der Waals surface area contributed by atoms with Crippen LogP contribution in [0.1, 0.15) is 57.4 Å². The van der Waals surface area contributed by atoms with Gasteiger partial charge in [-0.1, -0.05) is 25.0 Å². The van der Waals surface area contributed by atoms with Gasteiger partial charge in [0, 0.05) is 31.2 Å². The maximum Gasteiger partial charge on any atom is 0.243 e. The smallest absolute Gasteiger partial charge is 0.243 e. The monoisotopic (exact) mass is 357 g/mol. The van der Waals surface area contributed by atoms with Crippen LogP contribution in [0.5, 0.6) is 0 Å². The van der Waals surface area contributed by atoms with Crippen LogP contribution in [0.2, 0.25) is 0 Å². The second-order valence-electron chi connectivity index (χ2n) is 7.69. The van der Waals surface area contributed by atoms with E-state index in [4.69, 9.17) is 0 Å². The van der Waals surface area contributed by atoms with Gasteiger partial charge in [0.15, 0.2) is 0 Å². The molecule has 3 rings (SSSR count). The Bertz CT molecular complexity index is 614. The standard InChI is InChI=1S/C21H31N3O2/c1-17-7-4-6-13-23(17)15-18-9-11-19(12-10-18)22-20(25)16-24-14-5-2-3-8-21(24)26/h9-12,17H,2-8,13-16H2,1H3,(H,22,25). The molecule has 5 heteroatoms. The van der Waals surface area contributed by atoms with Crippen molar-refractivity contribution in [1.29, 1.82) is 0 Å². The highest BCUT2D eigenvalue weighted by Gasteiger charge is 2.20. The first-order valence-electron chi connectivity index (χ1n) is 10.0. The number of amides is 2. The van der Waals surface area contributed by atoms with Crippen molar-refractivity contribution in [3.8, 4) is 0 Å². The van der Waals surface area contributed by atoms with Gasteiger partial charge in [0.25, 0.3) is 0 Å². The highest BCUT2D eigenvalue weighted by atomic mass is 16.2. The first-order chi connectivity index (χ1) is 12.6. The summed E-state index contributed by atoms with van der Waals surface area (Å²) in [4.78, 5) is 28.5. The fourth-order valence-electron chi connectivity index (χ4n) is 3.90. The lowest BCUT2D eigenvalue weighted by Gasteiger charge is -2.33. The topological polar surface area (TPSA) is 52.7 Å². The lowest BCUT2D eigenvalue weighted by atomic mass is 10.0. The zero-order valence-corrected chi connectivity index (χ0v) is 15.9. The molecule has 1 aromatic rings. The maximum absolute atomic E-state index is 12.3. The summed E-state index contributed by atoms with van der Waals surface area (Å²) >= 11 is 0. The molecule has 1 N–H and O–H groups in total. The van der Waals surface area contributed by atoms with Crippen LogP contribution in [0.4, 0.5) is 5.69 Å². The van der Waals surface area contributed by atoms with Gasteiger partial charge in [-0.3, -0.25) is 14.5 Å². The molecule has 26 heavy (non-hydrogen) atoms. The zero-order valence-electron chi connectivity index (χ0n) is 15.9. The number of anilines is 1. The molecule has 2 aliphatic heterocycles. The highest BCUT2D eigenvalue weighted by molar-refractivity contribution is 5.94. The predicted molar refractivity (Wildman–Crippen MR) is 104 cm³/mol. The van der Waals surface area contributed by atoms with Crippen molar-refractivity contribution in [3.63, 3.8) is 0 Å². The van der Waals surface area contributed by atoms with Gasteiger partial charge in [0.2, 0.25) is 11.8 Å². The fourth-order valence-corrected chi connectivity index (χ4v) is 3.90. The number of nitrogens with zero attached hydrogens (tertiary/aromatic N) is 2. The van der Waals surface area contributed by atoms with Crippen LogP contribution in [0.15, 0.2) is 24.3 Å². The van der Waals surface area contributed by atoms with Gasteiger partial charge < -0.3 is 10.2 Å². The van der Waals surface area contributed by atoms with Crippen LogP contribution >= 0.6 is 0 Å². The lowest BCUT2D eigenvalue weighted by molar-refractivity contribution is -0.134. The molecule has 1 unspecified atom stereocenters. The van der Waals surface area contributed by atoms with Gasteiger partial charge in [0.1, 0.15) is 0 Å². The third-order valence-electron chi connectivity index (χ3n) is 5.57. The Morgan fingerprint density at radius 2 is 1.85 bits per heavy atom. The summed E-state index contributed by atoms with van der Waals surface area (Å²) in [5, 5.41) is 2.92. The normalized spacial score (nSPS) is 22.1. The third kappa shape index (κ3) is 5.31. The first kappa shape index (κ1) is 18.9. The van der Waals surface area contributed by atoms with Crippen molar-refractivity contribution in [2.75, 3.05) is 25.0 Å². The van der Waals surface area contributed by atoms with Crippen LogP contribution in [-0.4, -0.2) is 47.3 Å². The van der Waals surface area contributed by atoms with Crippen molar-refractivity contribution in [3.05, 3.63) is 29.8 Å². The number of benzene rings is 1. The van der Waals surface area contributed by atoms with Gasteiger partial charge in [-0.15, -0.1) is 0 Å². The van der Waals surface area contributed by atoms with Gasteiger partial charge in [-0.25, -0.2) is 0 Å². The Hall–Kier alpha value is -1.88. The average molecular weight is 357 g/mol. The molecular weight excluding hydrogens is 326 g/mol. The van der Waals surface area contributed by atoms with E-state index in [1.807, 2.05) is 12.1 Å². The minimum absolute atomic E-state index is 0.101. The Kier molecular flexibility index (Phi) is 6.67. The number of hydrogen-bond donors (Lipinski definition) is 1. The summed E-state index contributed by atoms with van der Waals surface area (Å²) in [6.45, 7) is 5.30. The summed E-state index contributed by atoms with van der Waals surface area (Å²) in [6, 6.07) is 8.76. The van der Waals surface area contributed by atoms with Gasteiger partial charge in [-0.05, 0) is 56.8 Å². The van der Waals surface area contributed by atoms with Gasteiger partial charge in [0.05, 0.1) is 6.54 Å². The molecule has 0 aromatic heterocycles. The predicted octanol–water partition coefficient (Wildman–Crippen LogP) is 3.40. The average Bonchev–Trinajstić information content (AvgIpc) is 2.83. The van der Waals surface area contributed by atoms with Gasteiger partial charge >= 0.3 is 0 Å². The summed E-state index contributed by atoms with van der Waals surface area (Å²) < 4.78 is 0. The molecule has 142 valence electrons. The molecule has 0 radical (unpaired) electrons. The summed E-state index contributed by atoms with van der Waals surface area (Å²) in [6.07, 6.45) is 7.47. The molecule has 5 nitrogen and oxygen atoms in total. The zero-order chi connectivity index (χ0) is 18.4. The molecule has 0 bridgehead atoms. The second kappa shape index (κ2) is 9.17. The van der Waals surface area contributed by atoms with E-state index in [2.05, 4.69) is 29.3 Å². The Labute approximate surface area is 156 Å². The molecule has 1 atom stereocenters. The van der Waals surface area contributed by atoms with E-state index >= 15 is 0 Å².